The maximum Gasteiger partial charge on any atom is 0.320 e. The lowest BCUT2D eigenvalue weighted by atomic mass is 9.69. The largest absolute Gasteiger partial charge is 0.392 e. The molecule has 2 amide bonds. The molecule has 0 fully saturated rings. The molecular weight excluding hydrogens is 404 g/mol. The first-order valence-electron chi connectivity index (χ1n) is 10.8. The smallest absolute Gasteiger partial charge is 0.320 e. The number of aryl methyl sites for hydroxylation is 1. The molecule has 7 heteroatoms. The van der Waals surface area contributed by atoms with Crippen LogP contribution in [-0.4, -0.2) is 32.1 Å². The minimum Gasteiger partial charge on any atom is -0.392 e. The zero-order valence-corrected chi connectivity index (χ0v) is 18.9. The Bertz CT molecular complexity index is 1140. The molecule has 7 nitrogen and oxygen atoms in total. The predicted molar refractivity (Wildman–Crippen MR) is 124 cm³/mol. The molecule has 3 aromatic rings. The summed E-state index contributed by atoms with van der Waals surface area (Å²) in [6, 6.07) is 14.3. The quantitative estimate of drug-likeness (QED) is 0.501. The van der Waals surface area contributed by atoms with Crippen LogP contribution in [0.15, 0.2) is 48.5 Å². The van der Waals surface area contributed by atoms with Crippen molar-refractivity contribution in [2.75, 3.05) is 5.32 Å². The molecule has 0 saturated heterocycles. The van der Waals surface area contributed by atoms with Crippen molar-refractivity contribution in [2.24, 2.45) is 0 Å². The molecule has 32 heavy (non-hydrogen) atoms. The number of fused-ring (bicyclic) bond motifs is 1. The van der Waals surface area contributed by atoms with Crippen LogP contribution in [0.25, 0.3) is 5.69 Å². The summed E-state index contributed by atoms with van der Waals surface area (Å²) in [5.74, 6) is 0.584. The van der Waals surface area contributed by atoms with Gasteiger partial charge in [0.15, 0.2) is 0 Å². The van der Waals surface area contributed by atoms with Gasteiger partial charge in [-0.25, -0.2) is 9.48 Å². The molecule has 1 aromatic heterocycles. The van der Waals surface area contributed by atoms with Crippen LogP contribution in [0.4, 0.5) is 10.6 Å². The third-order valence-corrected chi connectivity index (χ3v) is 6.35. The Morgan fingerprint density at radius 2 is 1.91 bits per heavy atom. The van der Waals surface area contributed by atoms with Crippen LogP contribution >= 0.6 is 0 Å². The summed E-state index contributed by atoms with van der Waals surface area (Å²) in [5, 5.41) is 31.0. The zero-order chi connectivity index (χ0) is 23.0. The lowest BCUT2D eigenvalue weighted by molar-refractivity contribution is 0.0881. The fourth-order valence-electron chi connectivity index (χ4n) is 4.51. The molecule has 0 aliphatic heterocycles. The lowest BCUT2D eigenvalue weighted by Crippen LogP contribution is -2.45. The average Bonchev–Trinajstić information content (AvgIpc) is 3.05. The number of rotatable bonds is 4. The first kappa shape index (κ1) is 22.0. The van der Waals surface area contributed by atoms with Crippen molar-refractivity contribution in [1.29, 1.82) is 0 Å². The van der Waals surface area contributed by atoms with Crippen LogP contribution < -0.4 is 10.6 Å². The van der Waals surface area contributed by atoms with E-state index in [-0.39, 0.29) is 12.0 Å². The van der Waals surface area contributed by atoms with Crippen LogP contribution in [0.1, 0.15) is 54.3 Å². The molecule has 0 unspecified atom stereocenters. The topological polar surface area (TPSA) is 99.4 Å². The van der Waals surface area contributed by atoms with Crippen molar-refractivity contribution in [3.63, 3.8) is 0 Å². The number of benzene rings is 2. The summed E-state index contributed by atoms with van der Waals surface area (Å²) in [6.45, 7) is 7.87. The molecule has 1 aliphatic carbocycles. The molecule has 2 aromatic carbocycles. The minimum absolute atomic E-state index is 0.0997. The second kappa shape index (κ2) is 8.41. The van der Waals surface area contributed by atoms with Crippen molar-refractivity contribution < 1.29 is 15.0 Å². The fourth-order valence-corrected chi connectivity index (χ4v) is 4.51. The molecule has 0 spiro atoms. The molecule has 1 aliphatic rings. The number of carbonyl (C=O) groups excluding carboxylic acids is 1. The van der Waals surface area contributed by atoms with Gasteiger partial charge in [0, 0.05) is 5.56 Å². The SMILES string of the molecule is Cc1nn(-c2ccccc2)c(NC(=O)N[C@@H]2c3cc(CO)ccc3C(C)(C)C[C@H]2O)c1C. The van der Waals surface area contributed by atoms with Gasteiger partial charge in [0.05, 0.1) is 30.1 Å². The molecule has 0 saturated carbocycles. The van der Waals surface area contributed by atoms with Gasteiger partial charge in [-0.1, -0.05) is 50.2 Å². The van der Waals surface area contributed by atoms with Crippen LogP contribution in [0.2, 0.25) is 0 Å². The first-order valence-corrected chi connectivity index (χ1v) is 10.8. The highest BCUT2D eigenvalue weighted by Gasteiger charge is 2.39. The van der Waals surface area contributed by atoms with E-state index in [1.807, 2.05) is 62.4 Å². The van der Waals surface area contributed by atoms with Crippen molar-refractivity contribution in [3.05, 3.63) is 76.5 Å². The van der Waals surface area contributed by atoms with E-state index >= 15 is 0 Å². The second-order valence-corrected chi connectivity index (χ2v) is 9.12. The highest BCUT2D eigenvalue weighted by molar-refractivity contribution is 5.90. The maximum absolute atomic E-state index is 13.1. The van der Waals surface area contributed by atoms with Gasteiger partial charge in [-0.2, -0.15) is 5.10 Å². The third-order valence-electron chi connectivity index (χ3n) is 6.35. The Morgan fingerprint density at radius 1 is 1.19 bits per heavy atom. The average molecular weight is 435 g/mol. The van der Waals surface area contributed by atoms with Gasteiger partial charge in [-0.3, -0.25) is 5.32 Å². The molecule has 2 atom stereocenters. The molecule has 4 rings (SSSR count). The predicted octanol–water partition coefficient (Wildman–Crippen LogP) is 3.89. The molecular formula is C25H30N4O3. The number of aromatic nitrogens is 2. The summed E-state index contributed by atoms with van der Waals surface area (Å²) in [7, 11) is 0. The second-order valence-electron chi connectivity index (χ2n) is 9.12. The monoisotopic (exact) mass is 434 g/mol. The Morgan fingerprint density at radius 3 is 2.59 bits per heavy atom. The van der Waals surface area contributed by atoms with Crippen molar-refractivity contribution in [2.45, 2.75) is 58.3 Å². The summed E-state index contributed by atoms with van der Waals surface area (Å²) in [5.41, 5.74) is 4.94. The molecule has 168 valence electrons. The van der Waals surface area contributed by atoms with E-state index in [1.165, 1.54) is 0 Å². The number of hydrogen-bond acceptors (Lipinski definition) is 4. The number of hydrogen-bond donors (Lipinski definition) is 4. The standard InChI is InChI=1S/C25H30N4O3/c1-15-16(2)28-29(18-8-6-5-7-9-18)23(15)27-24(32)26-22-19-12-17(14-30)10-11-20(19)25(3,4)13-21(22)31/h5-12,21-22,30-31H,13-14H2,1-4H3,(H2,26,27,32)/t21-,22-/m1/s1. The summed E-state index contributed by atoms with van der Waals surface area (Å²) < 4.78 is 1.71. The lowest BCUT2D eigenvalue weighted by Gasteiger charge is -2.40. The number of nitrogens with zero attached hydrogens (tertiary/aromatic N) is 2. The summed E-state index contributed by atoms with van der Waals surface area (Å²) >= 11 is 0. The highest BCUT2D eigenvalue weighted by Crippen LogP contribution is 2.42. The summed E-state index contributed by atoms with van der Waals surface area (Å²) in [6.07, 6.45) is -0.234. The van der Waals surface area contributed by atoms with Crippen molar-refractivity contribution >= 4 is 11.8 Å². The number of urea groups is 1. The Kier molecular flexibility index (Phi) is 5.79. The van der Waals surface area contributed by atoms with E-state index < -0.39 is 18.2 Å². The van der Waals surface area contributed by atoms with Crippen LogP contribution in [0.5, 0.6) is 0 Å². The van der Waals surface area contributed by atoms with Gasteiger partial charge in [-0.05, 0) is 54.5 Å². The van der Waals surface area contributed by atoms with Gasteiger partial charge in [0.25, 0.3) is 0 Å². The van der Waals surface area contributed by atoms with Crippen molar-refractivity contribution in [3.8, 4) is 5.69 Å². The first-order chi connectivity index (χ1) is 15.2. The fraction of sp³-hybridized carbons (Fsp3) is 0.360. The number of aliphatic hydroxyl groups excluding tert-OH is 2. The molecule has 1 heterocycles. The van der Waals surface area contributed by atoms with Gasteiger partial charge in [-0.15, -0.1) is 0 Å². The number of carbonyl (C=O) groups is 1. The van der Waals surface area contributed by atoms with E-state index in [4.69, 9.17) is 0 Å². The summed E-state index contributed by atoms with van der Waals surface area (Å²) in [4.78, 5) is 13.1. The van der Waals surface area contributed by atoms with Crippen LogP contribution in [0.3, 0.4) is 0 Å². The number of amides is 2. The molecule has 0 radical (unpaired) electrons. The van der Waals surface area contributed by atoms with Crippen LogP contribution in [0, 0.1) is 13.8 Å². The van der Waals surface area contributed by atoms with E-state index in [1.54, 1.807) is 4.68 Å². The Labute approximate surface area is 188 Å². The van der Waals surface area contributed by atoms with E-state index in [0.29, 0.717) is 12.2 Å². The zero-order valence-electron chi connectivity index (χ0n) is 18.9. The number of para-hydroxylation sites is 1. The number of anilines is 1. The Hall–Kier alpha value is -3.16. The van der Waals surface area contributed by atoms with Gasteiger partial charge in [0.2, 0.25) is 0 Å². The van der Waals surface area contributed by atoms with Gasteiger partial charge < -0.3 is 15.5 Å². The van der Waals surface area contributed by atoms with Crippen LogP contribution in [-0.2, 0) is 12.0 Å². The van der Waals surface area contributed by atoms with E-state index in [0.717, 1.165) is 33.6 Å². The van der Waals surface area contributed by atoms with E-state index in [2.05, 4.69) is 29.6 Å². The number of aliphatic hydroxyl groups is 2. The van der Waals surface area contributed by atoms with E-state index in [9.17, 15) is 15.0 Å². The highest BCUT2D eigenvalue weighted by atomic mass is 16.3. The Balaban J connectivity index is 1.63. The molecule has 0 bridgehead atoms. The minimum atomic E-state index is -0.751. The van der Waals surface area contributed by atoms with Crippen molar-refractivity contribution in [1.82, 2.24) is 15.1 Å². The number of nitrogens with one attached hydrogen (secondary N) is 2. The third kappa shape index (κ3) is 4.01. The normalized spacial score (nSPS) is 19.3. The van der Waals surface area contributed by atoms with Gasteiger partial charge >= 0.3 is 6.03 Å². The van der Waals surface area contributed by atoms with Gasteiger partial charge in [0.1, 0.15) is 5.82 Å². The molecule has 4 N–H and O–H groups in total. The maximum atomic E-state index is 13.1.